The minimum absolute atomic E-state index is 0. The number of rotatable bonds is 5. The summed E-state index contributed by atoms with van der Waals surface area (Å²) in [5.41, 5.74) is 2.03. The summed E-state index contributed by atoms with van der Waals surface area (Å²) in [4.78, 5) is 2.77. The van der Waals surface area contributed by atoms with Gasteiger partial charge in [0.25, 0.3) is 10.0 Å². The first-order valence-corrected chi connectivity index (χ1v) is 10.2. The summed E-state index contributed by atoms with van der Waals surface area (Å²) < 4.78 is 27.1. The predicted molar refractivity (Wildman–Crippen MR) is 108 cm³/mol. The molecule has 0 amide bonds. The molecule has 26 heavy (non-hydrogen) atoms. The average molecular weight is 391 g/mol. The molecule has 1 aliphatic heterocycles. The number of likely N-dealkylation sites (tertiary alicyclic amines) is 1. The quantitative estimate of drug-likeness (QED) is 0.658. The van der Waals surface area contributed by atoms with Crippen LogP contribution in [0.1, 0.15) is 24.8 Å². The molecule has 2 aromatic carbocycles. The zero-order valence-corrected chi connectivity index (χ0v) is 16.3. The van der Waals surface area contributed by atoms with E-state index in [1.165, 1.54) is 16.0 Å². The summed E-state index contributed by atoms with van der Waals surface area (Å²) in [5, 5.41) is 0.978. The van der Waals surface area contributed by atoms with E-state index < -0.39 is 10.0 Å². The Bertz CT molecular complexity index is 993. The average Bonchev–Trinajstić information content (AvgIpc) is 3.02. The number of hydrogen-bond acceptors (Lipinski definition) is 3. The Morgan fingerprint density at radius 3 is 2.46 bits per heavy atom. The van der Waals surface area contributed by atoms with Gasteiger partial charge in [-0.15, -0.1) is 12.4 Å². The van der Waals surface area contributed by atoms with Gasteiger partial charge in [0.05, 0.1) is 10.4 Å². The highest BCUT2D eigenvalue weighted by atomic mass is 35.5. The highest BCUT2D eigenvalue weighted by Gasteiger charge is 2.27. The zero-order valence-electron chi connectivity index (χ0n) is 14.7. The molecule has 0 saturated carbocycles. The SMILES string of the molecule is CCCN1CC(c2ccc3c(ccn3S(=O)(=O)c3ccccc3)c2)C1.Cl. The van der Waals surface area contributed by atoms with E-state index in [2.05, 4.69) is 24.0 Å². The molecular weight excluding hydrogens is 368 g/mol. The lowest BCUT2D eigenvalue weighted by Gasteiger charge is -2.39. The van der Waals surface area contributed by atoms with Crippen LogP contribution in [-0.4, -0.2) is 36.9 Å². The van der Waals surface area contributed by atoms with E-state index in [0.717, 1.165) is 30.5 Å². The second-order valence-corrected chi connectivity index (χ2v) is 8.52. The highest BCUT2D eigenvalue weighted by molar-refractivity contribution is 7.90. The van der Waals surface area contributed by atoms with Crippen LogP contribution in [0, 0.1) is 0 Å². The van der Waals surface area contributed by atoms with E-state index in [0.29, 0.717) is 10.8 Å². The fraction of sp³-hybridized carbons (Fsp3) is 0.300. The molecule has 0 atom stereocenters. The molecule has 0 N–H and O–H groups in total. The van der Waals surface area contributed by atoms with Crippen molar-refractivity contribution in [3.05, 3.63) is 66.4 Å². The summed E-state index contributed by atoms with van der Waals surface area (Å²) in [5.74, 6) is 0.560. The summed E-state index contributed by atoms with van der Waals surface area (Å²) >= 11 is 0. The molecular formula is C20H23ClN2O2S. The molecule has 0 unspecified atom stereocenters. The van der Waals surface area contributed by atoms with Crippen LogP contribution in [0.15, 0.2) is 65.7 Å². The monoisotopic (exact) mass is 390 g/mol. The molecule has 0 bridgehead atoms. The van der Waals surface area contributed by atoms with Crippen LogP contribution in [0.3, 0.4) is 0 Å². The molecule has 1 saturated heterocycles. The van der Waals surface area contributed by atoms with Crippen molar-refractivity contribution in [3.63, 3.8) is 0 Å². The first-order valence-electron chi connectivity index (χ1n) is 8.73. The molecule has 3 aromatic rings. The minimum atomic E-state index is -3.55. The van der Waals surface area contributed by atoms with Crippen LogP contribution in [0.5, 0.6) is 0 Å². The van der Waals surface area contributed by atoms with Gasteiger partial charge >= 0.3 is 0 Å². The van der Waals surface area contributed by atoms with Gasteiger partial charge in [0.2, 0.25) is 0 Å². The third-order valence-corrected chi connectivity index (χ3v) is 6.65. The van der Waals surface area contributed by atoms with Gasteiger partial charge in [-0.1, -0.05) is 31.2 Å². The topological polar surface area (TPSA) is 42.3 Å². The number of nitrogens with zero attached hydrogens (tertiary/aromatic N) is 2. The molecule has 0 aliphatic carbocycles. The van der Waals surface area contributed by atoms with Crippen LogP contribution in [0.2, 0.25) is 0 Å². The Morgan fingerprint density at radius 1 is 1.04 bits per heavy atom. The molecule has 138 valence electrons. The lowest BCUT2D eigenvalue weighted by Crippen LogP contribution is -2.45. The summed E-state index contributed by atoms with van der Waals surface area (Å²) in [6.45, 7) is 5.56. The van der Waals surface area contributed by atoms with E-state index in [-0.39, 0.29) is 12.4 Å². The second-order valence-electron chi connectivity index (χ2n) is 6.70. The third kappa shape index (κ3) is 3.27. The molecule has 4 nitrogen and oxygen atoms in total. The highest BCUT2D eigenvalue weighted by Crippen LogP contribution is 2.30. The predicted octanol–water partition coefficient (Wildman–Crippen LogP) is 4.11. The van der Waals surface area contributed by atoms with Crippen molar-refractivity contribution in [2.45, 2.75) is 24.2 Å². The van der Waals surface area contributed by atoms with Crippen LogP contribution in [-0.2, 0) is 10.0 Å². The number of benzene rings is 2. The van der Waals surface area contributed by atoms with Gasteiger partial charge in [0.15, 0.2) is 0 Å². The molecule has 1 fully saturated rings. The van der Waals surface area contributed by atoms with Crippen LogP contribution in [0.4, 0.5) is 0 Å². The Labute approximate surface area is 160 Å². The first kappa shape index (κ1) is 19.0. The molecule has 1 aliphatic rings. The van der Waals surface area contributed by atoms with Gasteiger partial charge in [0, 0.05) is 30.6 Å². The molecule has 2 heterocycles. The maximum Gasteiger partial charge on any atom is 0.268 e. The van der Waals surface area contributed by atoms with Gasteiger partial charge in [-0.25, -0.2) is 12.4 Å². The van der Waals surface area contributed by atoms with Gasteiger partial charge in [-0.2, -0.15) is 0 Å². The van der Waals surface area contributed by atoms with Gasteiger partial charge in [-0.3, -0.25) is 0 Å². The maximum atomic E-state index is 12.9. The van der Waals surface area contributed by atoms with Gasteiger partial charge in [-0.05, 0) is 48.9 Å². The zero-order chi connectivity index (χ0) is 17.4. The number of halogens is 1. The lowest BCUT2D eigenvalue weighted by atomic mass is 9.91. The van der Waals surface area contributed by atoms with Crippen molar-refractivity contribution in [1.29, 1.82) is 0 Å². The summed E-state index contributed by atoms with van der Waals surface area (Å²) in [6, 6.07) is 16.6. The molecule has 0 radical (unpaired) electrons. The van der Waals surface area contributed by atoms with Crippen LogP contribution in [0.25, 0.3) is 10.9 Å². The Morgan fingerprint density at radius 2 is 1.77 bits per heavy atom. The van der Waals surface area contributed by atoms with E-state index in [1.54, 1.807) is 30.5 Å². The smallest absolute Gasteiger partial charge is 0.268 e. The lowest BCUT2D eigenvalue weighted by molar-refractivity contribution is 0.149. The fourth-order valence-corrected chi connectivity index (χ4v) is 4.96. The molecule has 6 heteroatoms. The van der Waals surface area contributed by atoms with Crippen molar-refractivity contribution in [2.75, 3.05) is 19.6 Å². The second kappa shape index (κ2) is 7.43. The Kier molecular flexibility index (Phi) is 5.42. The van der Waals surface area contributed by atoms with Crippen molar-refractivity contribution in [3.8, 4) is 0 Å². The summed E-state index contributed by atoms with van der Waals surface area (Å²) in [7, 11) is -3.55. The molecule has 0 spiro atoms. The fourth-order valence-electron chi connectivity index (χ4n) is 3.58. The number of aromatic nitrogens is 1. The molecule has 4 rings (SSSR count). The van der Waals surface area contributed by atoms with Gasteiger partial charge in [0.1, 0.15) is 0 Å². The standard InChI is InChI=1S/C20H22N2O2S.ClH/c1-2-11-21-14-18(15-21)16-8-9-20-17(13-16)10-12-22(20)25(23,24)19-6-4-3-5-7-19;/h3-10,12-13,18H,2,11,14-15H2,1H3;1H. The minimum Gasteiger partial charge on any atom is -0.302 e. The van der Waals surface area contributed by atoms with E-state index in [9.17, 15) is 8.42 Å². The summed E-state index contributed by atoms with van der Waals surface area (Å²) in [6.07, 6.45) is 2.84. The van der Waals surface area contributed by atoms with Crippen LogP contribution < -0.4 is 0 Å². The van der Waals surface area contributed by atoms with Crippen molar-refractivity contribution in [2.24, 2.45) is 0 Å². The van der Waals surface area contributed by atoms with Crippen LogP contribution >= 0.6 is 12.4 Å². The van der Waals surface area contributed by atoms with Gasteiger partial charge < -0.3 is 4.90 Å². The first-order chi connectivity index (χ1) is 12.1. The number of fused-ring (bicyclic) bond motifs is 1. The van der Waals surface area contributed by atoms with E-state index in [1.807, 2.05) is 18.2 Å². The largest absolute Gasteiger partial charge is 0.302 e. The third-order valence-electron chi connectivity index (χ3n) is 4.95. The van der Waals surface area contributed by atoms with Crippen molar-refractivity contribution < 1.29 is 8.42 Å². The van der Waals surface area contributed by atoms with Crippen molar-refractivity contribution >= 4 is 33.3 Å². The van der Waals surface area contributed by atoms with E-state index >= 15 is 0 Å². The normalized spacial score (nSPS) is 15.6. The maximum absolute atomic E-state index is 12.9. The van der Waals surface area contributed by atoms with E-state index in [4.69, 9.17) is 0 Å². The Hall–Kier alpha value is -1.82. The Balaban J connectivity index is 0.00000196. The molecule has 1 aromatic heterocycles. The van der Waals surface area contributed by atoms with Crippen molar-refractivity contribution in [1.82, 2.24) is 8.87 Å². The number of hydrogen-bond donors (Lipinski definition) is 0.